The lowest BCUT2D eigenvalue weighted by Gasteiger charge is -2.35. The summed E-state index contributed by atoms with van der Waals surface area (Å²) in [5.74, 6) is 0.789. The minimum absolute atomic E-state index is 0.0419. The molecule has 2 aromatic heterocycles. The number of carbonyl (C=O) groups excluding carboxylic acids is 1. The molecule has 132 valence electrons. The van der Waals surface area contributed by atoms with Crippen molar-refractivity contribution >= 4 is 23.3 Å². The van der Waals surface area contributed by atoms with Crippen LogP contribution in [-0.2, 0) is 22.5 Å². The summed E-state index contributed by atoms with van der Waals surface area (Å²) in [7, 11) is 1.69. The van der Waals surface area contributed by atoms with Gasteiger partial charge in [0.15, 0.2) is 0 Å². The van der Waals surface area contributed by atoms with Gasteiger partial charge in [-0.1, -0.05) is 6.07 Å². The van der Waals surface area contributed by atoms with E-state index < -0.39 is 0 Å². The number of methoxy groups -OCH3 is 1. The first kappa shape index (κ1) is 16.5. The second-order valence-corrected chi connectivity index (χ2v) is 7.76. The number of rotatable bonds is 6. The molecule has 1 aliphatic carbocycles. The standard InChI is InChI=1S/C19H23N3O2S/c1-24-13-17-19-15(11-20-22(19)12-14-4-5-14)8-9-21(17)18(23)7-6-16-3-2-10-25-16/h2-3,6-7,10-11,14,17H,4-5,8-9,12-13H2,1H3/b7-6+. The molecule has 5 nitrogen and oxygen atoms in total. The Hall–Kier alpha value is -1.92. The first-order chi connectivity index (χ1) is 12.3. The van der Waals surface area contributed by atoms with E-state index in [2.05, 4.69) is 9.78 Å². The van der Waals surface area contributed by atoms with Crippen molar-refractivity contribution in [3.05, 3.63) is 45.9 Å². The van der Waals surface area contributed by atoms with Gasteiger partial charge in [0.1, 0.15) is 0 Å². The molecule has 2 aliphatic rings. The molecule has 1 aliphatic heterocycles. The van der Waals surface area contributed by atoms with Crippen molar-refractivity contribution in [2.75, 3.05) is 20.3 Å². The van der Waals surface area contributed by atoms with Gasteiger partial charge >= 0.3 is 0 Å². The Balaban J connectivity index is 1.57. The van der Waals surface area contributed by atoms with Gasteiger partial charge in [-0.2, -0.15) is 5.10 Å². The fraction of sp³-hybridized carbons (Fsp3) is 0.474. The van der Waals surface area contributed by atoms with Crippen LogP contribution in [0.15, 0.2) is 29.8 Å². The zero-order valence-corrected chi connectivity index (χ0v) is 15.2. The Morgan fingerprint density at radius 2 is 2.36 bits per heavy atom. The number of hydrogen-bond donors (Lipinski definition) is 0. The highest BCUT2D eigenvalue weighted by atomic mass is 32.1. The highest BCUT2D eigenvalue weighted by molar-refractivity contribution is 7.10. The van der Waals surface area contributed by atoms with Crippen molar-refractivity contribution in [2.24, 2.45) is 5.92 Å². The highest BCUT2D eigenvalue weighted by Gasteiger charge is 2.34. The van der Waals surface area contributed by atoms with Crippen LogP contribution >= 0.6 is 11.3 Å². The third-order valence-corrected chi connectivity index (χ3v) is 5.78. The lowest BCUT2D eigenvalue weighted by molar-refractivity contribution is -0.130. The maximum Gasteiger partial charge on any atom is 0.247 e. The smallest absolute Gasteiger partial charge is 0.247 e. The van der Waals surface area contributed by atoms with Gasteiger partial charge in [0.05, 0.1) is 24.5 Å². The summed E-state index contributed by atoms with van der Waals surface area (Å²) in [5, 5.41) is 6.61. The number of thiophene rings is 1. The maximum atomic E-state index is 12.8. The van der Waals surface area contributed by atoms with Gasteiger partial charge in [-0.05, 0) is 48.3 Å². The van der Waals surface area contributed by atoms with Crippen LogP contribution < -0.4 is 0 Å². The van der Waals surface area contributed by atoms with Gasteiger partial charge in [0, 0.05) is 31.2 Å². The van der Waals surface area contributed by atoms with Crippen LogP contribution in [-0.4, -0.2) is 40.8 Å². The second-order valence-electron chi connectivity index (χ2n) is 6.78. The number of ether oxygens (including phenoxy) is 1. The molecule has 1 saturated carbocycles. The summed E-state index contributed by atoms with van der Waals surface area (Å²) in [6.45, 7) is 2.17. The molecule has 1 fully saturated rings. The average Bonchev–Trinajstić information content (AvgIpc) is 3.11. The van der Waals surface area contributed by atoms with Gasteiger partial charge in [-0.15, -0.1) is 11.3 Å². The molecular formula is C19H23N3O2S. The molecule has 3 heterocycles. The summed E-state index contributed by atoms with van der Waals surface area (Å²) in [5.41, 5.74) is 2.42. The maximum absolute atomic E-state index is 12.8. The molecular weight excluding hydrogens is 334 g/mol. The van der Waals surface area contributed by atoms with Gasteiger partial charge in [0.2, 0.25) is 5.91 Å². The number of nitrogens with zero attached hydrogens (tertiary/aromatic N) is 3. The fourth-order valence-corrected chi connectivity index (χ4v) is 4.09. The zero-order chi connectivity index (χ0) is 17.2. The first-order valence-electron chi connectivity index (χ1n) is 8.82. The van der Waals surface area contributed by atoms with Crippen molar-refractivity contribution < 1.29 is 9.53 Å². The number of fused-ring (bicyclic) bond motifs is 1. The van der Waals surface area contributed by atoms with Gasteiger partial charge in [0.25, 0.3) is 0 Å². The number of aromatic nitrogens is 2. The molecule has 1 unspecified atom stereocenters. The third kappa shape index (κ3) is 3.55. The summed E-state index contributed by atoms with van der Waals surface area (Å²) in [6.07, 6.45) is 8.99. The molecule has 1 atom stereocenters. The molecule has 0 saturated heterocycles. The van der Waals surface area contributed by atoms with Crippen LogP contribution in [0.5, 0.6) is 0 Å². The normalized spacial score (nSPS) is 20.2. The van der Waals surface area contributed by atoms with E-state index in [0.29, 0.717) is 13.2 Å². The Morgan fingerprint density at radius 1 is 1.48 bits per heavy atom. The van der Waals surface area contributed by atoms with Crippen molar-refractivity contribution in [1.29, 1.82) is 0 Å². The predicted octanol–water partition coefficient (Wildman–Crippen LogP) is 3.14. The van der Waals surface area contributed by atoms with Crippen LogP contribution in [0, 0.1) is 5.92 Å². The summed E-state index contributed by atoms with van der Waals surface area (Å²) >= 11 is 1.63. The van der Waals surface area contributed by atoms with Crippen LogP contribution in [0.2, 0.25) is 0 Å². The van der Waals surface area contributed by atoms with Crippen LogP contribution in [0.3, 0.4) is 0 Å². The second kappa shape index (κ2) is 7.14. The van der Waals surface area contributed by atoms with Crippen LogP contribution in [0.25, 0.3) is 6.08 Å². The summed E-state index contributed by atoms with van der Waals surface area (Å²) in [6, 6.07) is 3.95. The van der Waals surface area contributed by atoms with Crippen molar-refractivity contribution in [1.82, 2.24) is 14.7 Å². The monoisotopic (exact) mass is 357 g/mol. The molecule has 25 heavy (non-hydrogen) atoms. The van der Waals surface area contributed by atoms with E-state index in [9.17, 15) is 4.79 Å². The third-order valence-electron chi connectivity index (χ3n) is 4.94. The van der Waals surface area contributed by atoms with Crippen molar-refractivity contribution in [3.8, 4) is 0 Å². The molecule has 6 heteroatoms. The Labute approximate surface area is 151 Å². The van der Waals surface area contributed by atoms with Crippen molar-refractivity contribution in [3.63, 3.8) is 0 Å². The van der Waals surface area contributed by atoms with Crippen LogP contribution in [0.1, 0.15) is 35.0 Å². The molecule has 2 aromatic rings. The minimum Gasteiger partial charge on any atom is -0.382 e. The Kier molecular flexibility index (Phi) is 4.72. The van der Waals surface area contributed by atoms with E-state index in [1.807, 2.05) is 34.7 Å². The molecule has 0 bridgehead atoms. The molecule has 0 N–H and O–H groups in total. The first-order valence-corrected chi connectivity index (χ1v) is 9.70. The van der Waals surface area contributed by atoms with E-state index in [1.165, 1.54) is 18.4 Å². The van der Waals surface area contributed by atoms with E-state index in [0.717, 1.165) is 29.5 Å². The fourth-order valence-electron chi connectivity index (χ4n) is 3.47. The summed E-state index contributed by atoms with van der Waals surface area (Å²) in [4.78, 5) is 15.8. The zero-order valence-electron chi connectivity index (χ0n) is 14.4. The molecule has 0 radical (unpaired) electrons. The van der Waals surface area contributed by atoms with Crippen molar-refractivity contribution in [2.45, 2.75) is 31.8 Å². The summed E-state index contributed by atoms with van der Waals surface area (Å²) < 4.78 is 7.57. The molecule has 0 spiro atoms. The number of amides is 1. The molecule has 1 amide bonds. The lowest BCUT2D eigenvalue weighted by atomic mass is 9.99. The minimum atomic E-state index is -0.0597. The van der Waals surface area contributed by atoms with Gasteiger partial charge in [-0.3, -0.25) is 9.48 Å². The van der Waals surface area contributed by atoms with E-state index in [1.54, 1.807) is 24.5 Å². The predicted molar refractivity (Wildman–Crippen MR) is 98.3 cm³/mol. The highest BCUT2D eigenvalue weighted by Crippen LogP contribution is 2.35. The topological polar surface area (TPSA) is 47.4 Å². The quantitative estimate of drug-likeness (QED) is 0.746. The van der Waals surface area contributed by atoms with Gasteiger partial charge < -0.3 is 9.64 Å². The lowest BCUT2D eigenvalue weighted by Crippen LogP contribution is -2.42. The Morgan fingerprint density at radius 3 is 3.08 bits per heavy atom. The number of carbonyl (C=O) groups is 1. The van der Waals surface area contributed by atoms with E-state index in [-0.39, 0.29) is 11.9 Å². The largest absolute Gasteiger partial charge is 0.382 e. The van der Waals surface area contributed by atoms with Crippen LogP contribution in [0.4, 0.5) is 0 Å². The SMILES string of the molecule is COCC1c2c(cnn2CC2CC2)CCN1C(=O)/C=C/c1cccs1. The Bertz CT molecular complexity index is 762. The average molecular weight is 357 g/mol. The van der Waals surface area contributed by atoms with E-state index >= 15 is 0 Å². The van der Waals surface area contributed by atoms with E-state index in [4.69, 9.17) is 4.74 Å². The van der Waals surface area contributed by atoms with Gasteiger partial charge in [-0.25, -0.2) is 0 Å². The number of hydrogen-bond acceptors (Lipinski definition) is 4. The molecule has 4 rings (SSSR count). The molecule has 0 aromatic carbocycles.